The Balaban J connectivity index is 2.09. The number of anilines is 1. The Hall–Kier alpha value is -2.04. The molecule has 9 nitrogen and oxygen atoms in total. The van der Waals surface area contributed by atoms with Gasteiger partial charge in [0.15, 0.2) is 17.9 Å². The molecule has 0 aliphatic carbocycles. The molecule has 108 valence electrons. The zero-order valence-corrected chi connectivity index (χ0v) is 10.1. The number of aliphatic hydroxyl groups excluding tert-OH is 2. The van der Waals surface area contributed by atoms with E-state index in [2.05, 4.69) is 15.0 Å². The zero-order chi connectivity index (χ0) is 14.4. The lowest BCUT2D eigenvalue weighted by molar-refractivity contribution is -0.0459. The van der Waals surface area contributed by atoms with Gasteiger partial charge in [-0.3, -0.25) is 9.36 Å². The molecule has 1 aliphatic heterocycles. The van der Waals surface area contributed by atoms with E-state index in [0.29, 0.717) is 0 Å². The number of nitrogens with two attached hydrogens (primary N) is 1. The van der Waals surface area contributed by atoms with Gasteiger partial charge in [-0.05, 0) is 0 Å². The fourth-order valence-electron chi connectivity index (χ4n) is 2.22. The molecule has 1 aliphatic rings. The molecule has 0 radical (unpaired) electrons. The average Bonchev–Trinajstić information content (AvgIpc) is 2.93. The molecular formula is C10H12FN5O4. The van der Waals surface area contributed by atoms with E-state index in [4.69, 9.17) is 15.6 Å². The number of ether oxygens (including phenoxy) is 1. The normalized spacial score (nSPS) is 30.1. The van der Waals surface area contributed by atoms with Crippen molar-refractivity contribution in [1.29, 1.82) is 0 Å². The second-order valence-corrected chi connectivity index (χ2v) is 4.46. The Kier molecular flexibility index (Phi) is 2.92. The van der Waals surface area contributed by atoms with Crippen LogP contribution in [0, 0.1) is 0 Å². The number of nitrogens with zero attached hydrogens (tertiary/aromatic N) is 3. The highest BCUT2D eigenvalue weighted by atomic mass is 19.1. The first-order chi connectivity index (χ1) is 9.52. The number of alkyl halides is 1. The van der Waals surface area contributed by atoms with Gasteiger partial charge in [0, 0.05) is 0 Å². The summed E-state index contributed by atoms with van der Waals surface area (Å²) < 4.78 is 20.5. The number of halogens is 1. The second-order valence-electron chi connectivity index (χ2n) is 4.46. The molecule has 0 aromatic carbocycles. The van der Waals surface area contributed by atoms with Gasteiger partial charge >= 0.3 is 5.56 Å². The number of aromatic amines is 1. The Morgan fingerprint density at radius 2 is 2.35 bits per heavy atom. The van der Waals surface area contributed by atoms with E-state index >= 15 is 0 Å². The highest BCUT2D eigenvalue weighted by Crippen LogP contribution is 2.32. The van der Waals surface area contributed by atoms with E-state index in [9.17, 15) is 14.3 Å². The van der Waals surface area contributed by atoms with Crippen LogP contribution in [0.1, 0.15) is 6.23 Å². The van der Waals surface area contributed by atoms with Gasteiger partial charge in [-0.15, -0.1) is 0 Å². The predicted molar refractivity (Wildman–Crippen MR) is 64.5 cm³/mol. The van der Waals surface area contributed by atoms with Crippen LogP contribution in [-0.4, -0.2) is 54.7 Å². The fraction of sp³-hybridized carbons (Fsp3) is 0.500. The summed E-state index contributed by atoms with van der Waals surface area (Å²) in [6, 6.07) is 0. The molecule has 3 heterocycles. The van der Waals surface area contributed by atoms with Gasteiger partial charge in [0.05, 0.1) is 12.9 Å². The van der Waals surface area contributed by atoms with Crippen LogP contribution in [0.4, 0.5) is 10.3 Å². The van der Waals surface area contributed by atoms with E-state index < -0.39 is 36.8 Å². The first kappa shape index (κ1) is 13.0. The number of fused-ring (bicyclic) bond motifs is 1. The van der Waals surface area contributed by atoms with Crippen molar-refractivity contribution in [3.8, 4) is 0 Å². The monoisotopic (exact) mass is 285 g/mol. The van der Waals surface area contributed by atoms with Crippen LogP contribution < -0.4 is 11.3 Å². The van der Waals surface area contributed by atoms with Crippen molar-refractivity contribution in [2.24, 2.45) is 0 Å². The number of rotatable bonds is 2. The van der Waals surface area contributed by atoms with Gasteiger partial charge in [-0.25, -0.2) is 9.37 Å². The van der Waals surface area contributed by atoms with Crippen molar-refractivity contribution in [3.63, 3.8) is 0 Å². The van der Waals surface area contributed by atoms with Crippen LogP contribution >= 0.6 is 0 Å². The lowest BCUT2D eigenvalue weighted by Crippen LogP contribution is -2.30. The highest BCUT2D eigenvalue weighted by Gasteiger charge is 2.45. The summed E-state index contributed by atoms with van der Waals surface area (Å²) in [6.07, 6.45) is -4.31. The van der Waals surface area contributed by atoms with Gasteiger partial charge in [0.2, 0.25) is 5.95 Å². The molecule has 0 bridgehead atoms. The van der Waals surface area contributed by atoms with E-state index in [1.54, 1.807) is 0 Å². The first-order valence-corrected chi connectivity index (χ1v) is 5.83. The molecule has 4 atom stereocenters. The van der Waals surface area contributed by atoms with E-state index in [0.717, 1.165) is 0 Å². The number of H-pyrrole nitrogens is 1. The summed E-state index contributed by atoms with van der Waals surface area (Å²) in [5.41, 5.74) is 4.91. The van der Waals surface area contributed by atoms with Crippen LogP contribution in [0.2, 0.25) is 0 Å². The predicted octanol–water partition coefficient (Wildman–Crippen LogP) is -1.71. The minimum Gasteiger partial charge on any atom is -0.394 e. The Labute approximate surface area is 110 Å². The molecule has 20 heavy (non-hydrogen) atoms. The minimum absolute atomic E-state index is 0.0167. The Bertz CT molecular complexity index is 701. The van der Waals surface area contributed by atoms with Crippen molar-refractivity contribution >= 4 is 17.1 Å². The van der Waals surface area contributed by atoms with Crippen molar-refractivity contribution < 1.29 is 19.3 Å². The van der Waals surface area contributed by atoms with Crippen LogP contribution in [0.5, 0.6) is 0 Å². The number of aliphatic hydroxyl groups is 2. The van der Waals surface area contributed by atoms with Crippen molar-refractivity contribution in [2.75, 3.05) is 12.3 Å². The van der Waals surface area contributed by atoms with Crippen molar-refractivity contribution in [2.45, 2.75) is 24.6 Å². The smallest absolute Gasteiger partial charge is 0.302 e. The summed E-state index contributed by atoms with van der Waals surface area (Å²) in [6.45, 7) is -0.523. The summed E-state index contributed by atoms with van der Waals surface area (Å²) in [5, 5.41) is 18.6. The minimum atomic E-state index is -1.78. The van der Waals surface area contributed by atoms with Gasteiger partial charge in [0.25, 0.3) is 0 Å². The number of hydrogen-bond acceptors (Lipinski definition) is 7. The van der Waals surface area contributed by atoms with Crippen LogP contribution in [0.25, 0.3) is 11.2 Å². The molecule has 1 fully saturated rings. The maximum Gasteiger partial charge on any atom is 0.302 e. The fourth-order valence-corrected chi connectivity index (χ4v) is 2.22. The number of aromatic nitrogens is 4. The highest BCUT2D eigenvalue weighted by molar-refractivity contribution is 5.70. The van der Waals surface area contributed by atoms with Crippen LogP contribution in [0.3, 0.4) is 0 Å². The lowest BCUT2D eigenvalue weighted by atomic mass is 10.1. The van der Waals surface area contributed by atoms with Gasteiger partial charge in [0.1, 0.15) is 17.9 Å². The molecule has 0 spiro atoms. The lowest BCUT2D eigenvalue weighted by Gasteiger charge is -2.15. The van der Waals surface area contributed by atoms with Crippen molar-refractivity contribution in [1.82, 2.24) is 19.5 Å². The van der Waals surface area contributed by atoms with Crippen LogP contribution in [0.15, 0.2) is 11.1 Å². The molecule has 2 aromatic rings. The number of nitrogens with one attached hydrogen (secondary N) is 1. The third-order valence-corrected chi connectivity index (χ3v) is 3.21. The van der Waals surface area contributed by atoms with Gasteiger partial charge in [-0.1, -0.05) is 0 Å². The summed E-state index contributed by atoms with van der Waals surface area (Å²) in [4.78, 5) is 21.5. The van der Waals surface area contributed by atoms with Crippen LogP contribution in [-0.2, 0) is 4.74 Å². The topological polar surface area (TPSA) is 139 Å². The largest absolute Gasteiger partial charge is 0.394 e. The summed E-state index contributed by atoms with van der Waals surface area (Å²) in [7, 11) is 0. The third kappa shape index (κ3) is 1.77. The average molecular weight is 285 g/mol. The molecular weight excluding hydrogens is 273 g/mol. The number of nitrogen functional groups attached to an aromatic ring is 1. The second kappa shape index (κ2) is 4.51. The summed E-state index contributed by atoms with van der Waals surface area (Å²) >= 11 is 0. The quantitative estimate of drug-likeness (QED) is 0.515. The van der Waals surface area contributed by atoms with Gasteiger partial charge in [-0.2, -0.15) is 4.98 Å². The van der Waals surface area contributed by atoms with E-state index in [1.165, 1.54) is 10.9 Å². The SMILES string of the molecule is Nc1nc(=O)c2ncn(C3O[C@H](CO)[C@@H](O)[C@@H]3F)c2[nH]1. The number of hydrogen-bond donors (Lipinski definition) is 4. The third-order valence-electron chi connectivity index (χ3n) is 3.21. The maximum absolute atomic E-state index is 14.0. The molecule has 5 N–H and O–H groups in total. The Morgan fingerprint density at radius 1 is 1.60 bits per heavy atom. The number of imidazole rings is 1. The molecule has 1 saturated heterocycles. The van der Waals surface area contributed by atoms with E-state index in [1.807, 2.05) is 0 Å². The molecule has 0 saturated carbocycles. The Morgan fingerprint density at radius 3 is 3.00 bits per heavy atom. The van der Waals surface area contributed by atoms with Gasteiger partial charge < -0.3 is 25.7 Å². The molecule has 3 rings (SSSR count). The zero-order valence-electron chi connectivity index (χ0n) is 10.1. The molecule has 10 heteroatoms. The van der Waals surface area contributed by atoms with Crippen molar-refractivity contribution in [3.05, 3.63) is 16.7 Å². The summed E-state index contributed by atoms with van der Waals surface area (Å²) in [5.74, 6) is -0.142. The molecule has 1 unspecified atom stereocenters. The first-order valence-electron chi connectivity index (χ1n) is 5.83. The maximum atomic E-state index is 14.0. The molecule has 0 amide bonds. The van der Waals surface area contributed by atoms with E-state index in [-0.39, 0.29) is 17.1 Å². The molecule has 2 aromatic heterocycles. The standard InChI is InChI=1S/C10H12FN5O4/c11-4-6(18)3(1-17)20-9(4)16-2-13-5-7(16)14-10(12)15-8(5)19/h2-4,6,9,17-18H,1H2,(H3,12,14,15,19)/t3-,4+,6-,9?/m1/s1.